The fourth-order valence-electron chi connectivity index (χ4n) is 2.84. The van der Waals surface area contributed by atoms with Crippen LogP contribution < -0.4 is 10.6 Å². The van der Waals surface area contributed by atoms with E-state index in [4.69, 9.17) is 21.6 Å². The first-order valence-electron chi connectivity index (χ1n) is 9.51. The van der Waals surface area contributed by atoms with E-state index in [0.717, 1.165) is 5.56 Å². The van der Waals surface area contributed by atoms with Crippen LogP contribution in [0.25, 0.3) is 0 Å². The first-order chi connectivity index (χ1) is 15.4. The molecule has 160 valence electrons. The molecule has 0 saturated heterocycles. The van der Waals surface area contributed by atoms with Crippen molar-refractivity contribution in [3.63, 3.8) is 0 Å². The lowest BCUT2D eigenvalue weighted by Crippen LogP contribution is -2.22. The normalized spacial score (nSPS) is 10.0. The van der Waals surface area contributed by atoms with Crippen molar-refractivity contribution in [2.45, 2.75) is 6.92 Å². The van der Waals surface area contributed by atoms with Gasteiger partial charge in [0, 0.05) is 11.3 Å². The van der Waals surface area contributed by atoms with Gasteiger partial charge in [0.1, 0.15) is 6.07 Å². The molecular weight excluding hydrogens is 430 g/mol. The zero-order valence-corrected chi connectivity index (χ0v) is 17.8. The molecule has 0 unspecified atom stereocenters. The number of nitriles is 1. The van der Waals surface area contributed by atoms with Gasteiger partial charge >= 0.3 is 5.97 Å². The summed E-state index contributed by atoms with van der Waals surface area (Å²) < 4.78 is 5.10. The van der Waals surface area contributed by atoms with Crippen LogP contribution in [0.15, 0.2) is 66.7 Å². The molecule has 3 rings (SSSR count). The molecule has 0 aliphatic rings. The Morgan fingerprint density at radius 2 is 1.78 bits per heavy atom. The molecule has 3 aromatic rings. The molecule has 0 heterocycles. The molecule has 0 aromatic heterocycles. The first-order valence-corrected chi connectivity index (χ1v) is 9.89. The summed E-state index contributed by atoms with van der Waals surface area (Å²) in [7, 11) is 0. The Morgan fingerprint density at radius 1 is 1.00 bits per heavy atom. The number of carbonyl (C=O) groups is 3. The molecular formula is C24H18ClN3O4. The highest BCUT2D eigenvalue weighted by molar-refractivity contribution is 6.32. The lowest BCUT2D eigenvalue weighted by molar-refractivity contribution is -0.119. The number of aryl methyl sites for hydroxylation is 1. The van der Waals surface area contributed by atoms with Crippen LogP contribution in [-0.4, -0.2) is 24.4 Å². The molecule has 2 amide bonds. The predicted octanol–water partition coefficient (Wildman–Crippen LogP) is 4.57. The molecule has 0 saturated carbocycles. The quantitative estimate of drug-likeness (QED) is 0.538. The Morgan fingerprint density at radius 3 is 2.50 bits per heavy atom. The van der Waals surface area contributed by atoms with Crippen molar-refractivity contribution in [1.82, 2.24) is 0 Å². The van der Waals surface area contributed by atoms with E-state index >= 15 is 0 Å². The van der Waals surface area contributed by atoms with Gasteiger partial charge in [-0.15, -0.1) is 0 Å². The highest BCUT2D eigenvalue weighted by atomic mass is 35.5. The minimum Gasteiger partial charge on any atom is -0.452 e. The number of hydrogen-bond donors (Lipinski definition) is 2. The van der Waals surface area contributed by atoms with Gasteiger partial charge in [0.25, 0.3) is 11.8 Å². The van der Waals surface area contributed by atoms with Crippen molar-refractivity contribution in [1.29, 1.82) is 5.26 Å². The molecule has 0 aliphatic carbocycles. The number of amides is 2. The second-order valence-corrected chi connectivity index (χ2v) is 7.21. The summed E-state index contributed by atoms with van der Waals surface area (Å²) in [5, 5.41) is 14.3. The molecule has 0 aliphatic heterocycles. The fraction of sp³-hybridized carbons (Fsp3) is 0.0833. The van der Waals surface area contributed by atoms with Gasteiger partial charge < -0.3 is 15.4 Å². The number of ether oxygens (including phenoxy) is 1. The van der Waals surface area contributed by atoms with E-state index in [1.165, 1.54) is 24.3 Å². The fourth-order valence-corrected chi connectivity index (χ4v) is 3.06. The number of benzene rings is 3. The van der Waals surface area contributed by atoms with E-state index in [9.17, 15) is 14.4 Å². The lowest BCUT2D eigenvalue weighted by atomic mass is 10.1. The van der Waals surface area contributed by atoms with Crippen LogP contribution in [0.1, 0.15) is 31.8 Å². The zero-order chi connectivity index (χ0) is 23.1. The van der Waals surface area contributed by atoms with Crippen molar-refractivity contribution < 1.29 is 19.1 Å². The maximum atomic E-state index is 12.5. The summed E-state index contributed by atoms with van der Waals surface area (Å²) in [4.78, 5) is 37.2. The SMILES string of the molecule is Cc1cccc(C(=O)Nc2ccccc2C(=O)OCC(=O)Nc2ccc(C#N)c(Cl)c2)c1. The van der Waals surface area contributed by atoms with E-state index in [1.54, 1.807) is 36.4 Å². The number of hydrogen-bond acceptors (Lipinski definition) is 5. The minimum absolute atomic E-state index is 0.114. The van der Waals surface area contributed by atoms with E-state index in [2.05, 4.69) is 10.6 Å². The minimum atomic E-state index is -0.766. The highest BCUT2D eigenvalue weighted by Crippen LogP contribution is 2.21. The summed E-state index contributed by atoms with van der Waals surface area (Å²) in [6, 6.07) is 19.7. The van der Waals surface area contributed by atoms with Crippen molar-refractivity contribution in [2.24, 2.45) is 0 Å². The Bertz CT molecular complexity index is 1230. The molecule has 3 aromatic carbocycles. The van der Waals surface area contributed by atoms with E-state index < -0.39 is 18.5 Å². The third-order valence-corrected chi connectivity index (χ3v) is 4.70. The number of halogens is 1. The summed E-state index contributed by atoms with van der Waals surface area (Å²) in [6.45, 7) is 1.33. The van der Waals surface area contributed by atoms with Gasteiger partial charge in [-0.3, -0.25) is 9.59 Å². The Hall–Kier alpha value is -4.15. The number of esters is 1. The molecule has 32 heavy (non-hydrogen) atoms. The van der Waals surface area contributed by atoms with Crippen LogP contribution in [0, 0.1) is 18.3 Å². The second kappa shape index (κ2) is 10.2. The number of anilines is 2. The van der Waals surface area contributed by atoms with Crippen LogP contribution in [0.5, 0.6) is 0 Å². The molecule has 0 radical (unpaired) electrons. The molecule has 8 heteroatoms. The van der Waals surface area contributed by atoms with Gasteiger partial charge in [0.05, 0.1) is 21.8 Å². The molecule has 2 N–H and O–H groups in total. The van der Waals surface area contributed by atoms with Gasteiger partial charge in [-0.05, 0) is 49.4 Å². The Labute approximate surface area is 189 Å². The van der Waals surface area contributed by atoms with Crippen LogP contribution in [0.2, 0.25) is 5.02 Å². The standard InChI is InChI=1S/C24H18ClN3O4/c1-15-5-4-6-16(11-15)23(30)28-21-8-3-2-7-19(21)24(31)32-14-22(29)27-18-10-9-17(13-26)20(25)12-18/h2-12H,14H2,1H3,(H,27,29)(H,28,30). The molecule has 0 fully saturated rings. The summed E-state index contributed by atoms with van der Waals surface area (Å²) in [5.74, 6) is -1.72. The smallest absolute Gasteiger partial charge is 0.340 e. The van der Waals surface area contributed by atoms with Crippen LogP contribution in [-0.2, 0) is 9.53 Å². The second-order valence-electron chi connectivity index (χ2n) is 6.80. The number of para-hydroxylation sites is 1. The van der Waals surface area contributed by atoms with E-state index in [-0.39, 0.29) is 27.7 Å². The number of rotatable bonds is 6. The molecule has 0 atom stereocenters. The predicted molar refractivity (Wildman–Crippen MR) is 121 cm³/mol. The lowest BCUT2D eigenvalue weighted by Gasteiger charge is -2.11. The average Bonchev–Trinajstić information content (AvgIpc) is 2.78. The van der Waals surface area contributed by atoms with Crippen LogP contribution in [0.3, 0.4) is 0 Å². The number of nitrogens with zero attached hydrogens (tertiary/aromatic N) is 1. The third kappa shape index (κ3) is 5.72. The molecule has 0 bridgehead atoms. The summed E-state index contributed by atoms with van der Waals surface area (Å²) in [6.07, 6.45) is 0. The summed E-state index contributed by atoms with van der Waals surface area (Å²) >= 11 is 5.94. The average molecular weight is 448 g/mol. The van der Waals surface area contributed by atoms with Gasteiger partial charge in [0.2, 0.25) is 0 Å². The zero-order valence-electron chi connectivity index (χ0n) is 17.0. The van der Waals surface area contributed by atoms with E-state index in [0.29, 0.717) is 11.3 Å². The van der Waals surface area contributed by atoms with Gasteiger partial charge in [-0.25, -0.2) is 4.79 Å². The maximum Gasteiger partial charge on any atom is 0.340 e. The number of nitrogens with one attached hydrogen (secondary N) is 2. The third-order valence-electron chi connectivity index (χ3n) is 4.38. The monoisotopic (exact) mass is 447 g/mol. The van der Waals surface area contributed by atoms with Gasteiger partial charge in [0.15, 0.2) is 6.61 Å². The maximum absolute atomic E-state index is 12.5. The molecule has 0 spiro atoms. The van der Waals surface area contributed by atoms with E-state index in [1.807, 2.05) is 19.1 Å². The van der Waals surface area contributed by atoms with Crippen molar-refractivity contribution >= 4 is 40.8 Å². The summed E-state index contributed by atoms with van der Waals surface area (Å²) in [5.41, 5.74) is 2.40. The van der Waals surface area contributed by atoms with Gasteiger partial charge in [-0.2, -0.15) is 5.26 Å². The van der Waals surface area contributed by atoms with Crippen molar-refractivity contribution in [2.75, 3.05) is 17.2 Å². The van der Waals surface area contributed by atoms with Crippen molar-refractivity contribution in [3.05, 3.63) is 94.0 Å². The van der Waals surface area contributed by atoms with Crippen LogP contribution >= 0.6 is 11.6 Å². The van der Waals surface area contributed by atoms with Crippen LogP contribution in [0.4, 0.5) is 11.4 Å². The largest absolute Gasteiger partial charge is 0.452 e. The van der Waals surface area contributed by atoms with Crippen molar-refractivity contribution in [3.8, 4) is 6.07 Å². The Kier molecular flexibility index (Phi) is 7.21. The number of carbonyl (C=O) groups excluding carboxylic acids is 3. The highest BCUT2D eigenvalue weighted by Gasteiger charge is 2.17. The first kappa shape index (κ1) is 22.5. The topological polar surface area (TPSA) is 108 Å². The molecule has 7 nitrogen and oxygen atoms in total. The van der Waals surface area contributed by atoms with Gasteiger partial charge in [-0.1, -0.05) is 41.4 Å². The Balaban J connectivity index is 1.63.